The van der Waals surface area contributed by atoms with Gasteiger partial charge in [-0.1, -0.05) is 34.6 Å². The molecule has 0 heterocycles. The Hall–Kier alpha value is -1.14. The van der Waals surface area contributed by atoms with Gasteiger partial charge in [0.25, 0.3) is 0 Å². The topological polar surface area (TPSA) is 73.5 Å². The van der Waals surface area contributed by atoms with Crippen LogP contribution in [0.3, 0.4) is 0 Å². The van der Waals surface area contributed by atoms with E-state index in [1.807, 2.05) is 7.05 Å². The number of nitrogens with zero attached hydrogens (tertiary/aromatic N) is 1. The predicted octanol–water partition coefficient (Wildman–Crippen LogP) is 0.832. The van der Waals surface area contributed by atoms with Gasteiger partial charge in [-0.15, -0.1) is 0 Å². The van der Waals surface area contributed by atoms with Crippen LogP contribution in [0.25, 0.3) is 0 Å². The largest absolute Gasteiger partial charge is 0.355 e. The molecule has 6 nitrogen and oxygen atoms in total. The zero-order valence-corrected chi connectivity index (χ0v) is 15.8. The van der Waals surface area contributed by atoms with Crippen LogP contribution in [-0.2, 0) is 9.59 Å². The molecule has 0 aromatic heterocycles. The molecule has 0 radical (unpaired) electrons. The maximum absolute atomic E-state index is 11.7. The smallest absolute Gasteiger partial charge is 0.233 e. The molecule has 23 heavy (non-hydrogen) atoms. The van der Waals surface area contributed by atoms with E-state index in [1.165, 1.54) is 0 Å². The highest BCUT2D eigenvalue weighted by molar-refractivity contribution is 5.78. The Morgan fingerprint density at radius 1 is 1.00 bits per heavy atom. The molecule has 2 amide bonds. The summed E-state index contributed by atoms with van der Waals surface area (Å²) in [5.41, 5.74) is 0.0239. The molecule has 0 aliphatic rings. The number of rotatable bonds is 11. The Morgan fingerprint density at radius 2 is 1.61 bits per heavy atom. The molecule has 0 aliphatic carbocycles. The van der Waals surface area contributed by atoms with Crippen LogP contribution >= 0.6 is 0 Å². The van der Waals surface area contributed by atoms with Gasteiger partial charge in [-0.25, -0.2) is 0 Å². The Bertz CT molecular complexity index is 351. The number of likely N-dealkylation sites (N-methyl/N-ethyl adjacent to an activating group) is 1. The zero-order chi connectivity index (χ0) is 17.9. The van der Waals surface area contributed by atoms with Crippen molar-refractivity contribution in [3.05, 3.63) is 0 Å². The predicted molar refractivity (Wildman–Crippen MR) is 95.3 cm³/mol. The average molecular weight is 329 g/mol. The lowest BCUT2D eigenvalue weighted by Gasteiger charge is -2.19. The first-order valence-electron chi connectivity index (χ1n) is 8.53. The third kappa shape index (κ3) is 15.5. The van der Waals surface area contributed by atoms with Crippen molar-refractivity contribution in [1.29, 1.82) is 0 Å². The summed E-state index contributed by atoms with van der Waals surface area (Å²) < 4.78 is 0. The number of hydrogen-bond donors (Lipinski definition) is 3. The van der Waals surface area contributed by atoms with Crippen molar-refractivity contribution in [1.82, 2.24) is 20.9 Å². The maximum atomic E-state index is 11.7. The summed E-state index contributed by atoms with van der Waals surface area (Å²) in [6.07, 6.45) is 0.545. The molecule has 0 bridgehead atoms. The summed E-state index contributed by atoms with van der Waals surface area (Å²) >= 11 is 0. The van der Waals surface area contributed by atoms with E-state index in [9.17, 15) is 9.59 Å². The minimum absolute atomic E-state index is 0.0239. The molecule has 0 saturated carbocycles. The van der Waals surface area contributed by atoms with Gasteiger partial charge >= 0.3 is 0 Å². The third-order valence-electron chi connectivity index (χ3n) is 3.17. The van der Waals surface area contributed by atoms with Crippen LogP contribution in [-0.4, -0.2) is 63.0 Å². The zero-order valence-electron chi connectivity index (χ0n) is 15.8. The van der Waals surface area contributed by atoms with Gasteiger partial charge in [0.2, 0.25) is 11.8 Å². The van der Waals surface area contributed by atoms with Crippen molar-refractivity contribution in [2.24, 2.45) is 11.3 Å². The quantitative estimate of drug-likeness (QED) is 0.491. The van der Waals surface area contributed by atoms with Crippen LogP contribution in [0, 0.1) is 11.3 Å². The molecule has 0 aromatic rings. The van der Waals surface area contributed by atoms with Crippen molar-refractivity contribution in [2.45, 2.75) is 41.0 Å². The highest BCUT2D eigenvalue weighted by Crippen LogP contribution is 2.17. The van der Waals surface area contributed by atoms with Gasteiger partial charge in [0, 0.05) is 39.1 Å². The summed E-state index contributed by atoms with van der Waals surface area (Å²) in [6, 6.07) is 0. The van der Waals surface area contributed by atoms with E-state index in [0.29, 0.717) is 32.0 Å². The molecule has 0 atom stereocenters. The standard InChI is InChI=1S/C17H36N4O2/c1-14(2)12-20-16(23)13-18-7-9-21(6)10-8-19-15(22)11-17(3,4)5/h14,18H,7-13H2,1-6H3,(H,19,22)(H,20,23). The SMILES string of the molecule is CC(C)CNC(=O)CNCCN(C)CCNC(=O)CC(C)(C)C. The normalized spacial score (nSPS) is 11.8. The fraction of sp³-hybridized carbons (Fsp3) is 0.882. The van der Waals surface area contributed by atoms with Crippen LogP contribution in [0.4, 0.5) is 0 Å². The van der Waals surface area contributed by atoms with Crippen LogP contribution < -0.4 is 16.0 Å². The number of amides is 2. The van der Waals surface area contributed by atoms with Gasteiger partial charge in [-0.3, -0.25) is 9.59 Å². The fourth-order valence-corrected chi connectivity index (χ4v) is 1.89. The lowest BCUT2D eigenvalue weighted by atomic mass is 9.92. The van der Waals surface area contributed by atoms with Gasteiger partial charge in [-0.05, 0) is 18.4 Å². The number of carbonyl (C=O) groups is 2. The second-order valence-electron chi connectivity index (χ2n) is 7.77. The van der Waals surface area contributed by atoms with Crippen molar-refractivity contribution < 1.29 is 9.59 Å². The highest BCUT2D eigenvalue weighted by atomic mass is 16.2. The molecule has 0 fully saturated rings. The summed E-state index contributed by atoms with van der Waals surface area (Å²) in [5.74, 6) is 0.611. The molecular formula is C17H36N4O2. The van der Waals surface area contributed by atoms with Crippen molar-refractivity contribution >= 4 is 11.8 Å². The molecule has 0 spiro atoms. The van der Waals surface area contributed by atoms with Gasteiger partial charge < -0.3 is 20.9 Å². The molecule has 0 aromatic carbocycles. The summed E-state index contributed by atoms with van der Waals surface area (Å²) in [5, 5.41) is 8.94. The van der Waals surface area contributed by atoms with Crippen LogP contribution in [0.2, 0.25) is 0 Å². The summed E-state index contributed by atoms with van der Waals surface area (Å²) in [6.45, 7) is 14.4. The van der Waals surface area contributed by atoms with Crippen LogP contribution in [0.1, 0.15) is 41.0 Å². The lowest BCUT2D eigenvalue weighted by Crippen LogP contribution is -2.40. The maximum Gasteiger partial charge on any atom is 0.233 e. The second-order valence-corrected chi connectivity index (χ2v) is 7.77. The highest BCUT2D eigenvalue weighted by Gasteiger charge is 2.15. The van der Waals surface area contributed by atoms with E-state index >= 15 is 0 Å². The van der Waals surface area contributed by atoms with Gasteiger partial charge in [-0.2, -0.15) is 0 Å². The van der Waals surface area contributed by atoms with E-state index in [-0.39, 0.29) is 17.2 Å². The summed E-state index contributed by atoms with van der Waals surface area (Å²) in [4.78, 5) is 25.4. The van der Waals surface area contributed by atoms with E-state index < -0.39 is 0 Å². The first-order valence-corrected chi connectivity index (χ1v) is 8.53. The Balaban J connectivity index is 3.59. The van der Waals surface area contributed by atoms with Gasteiger partial charge in [0.05, 0.1) is 6.54 Å². The molecule has 136 valence electrons. The van der Waals surface area contributed by atoms with E-state index in [4.69, 9.17) is 0 Å². The van der Waals surface area contributed by atoms with Crippen LogP contribution in [0.5, 0.6) is 0 Å². The van der Waals surface area contributed by atoms with Crippen molar-refractivity contribution in [3.63, 3.8) is 0 Å². The molecule has 0 unspecified atom stereocenters. The van der Waals surface area contributed by atoms with Gasteiger partial charge in [0.15, 0.2) is 0 Å². The molecule has 0 rings (SSSR count). The average Bonchev–Trinajstić information content (AvgIpc) is 2.39. The minimum Gasteiger partial charge on any atom is -0.355 e. The number of carbonyl (C=O) groups excluding carboxylic acids is 2. The first kappa shape index (κ1) is 21.9. The van der Waals surface area contributed by atoms with E-state index in [0.717, 1.165) is 19.6 Å². The molecule has 3 N–H and O–H groups in total. The van der Waals surface area contributed by atoms with E-state index in [2.05, 4.69) is 55.5 Å². The second kappa shape index (κ2) is 11.4. The lowest BCUT2D eigenvalue weighted by molar-refractivity contribution is -0.123. The Morgan fingerprint density at radius 3 is 2.17 bits per heavy atom. The Kier molecular flexibility index (Phi) is 10.8. The van der Waals surface area contributed by atoms with Crippen molar-refractivity contribution in [2.75, 3.05) is 46.3 Å². The number of nitrogens with one attached hydrogen (secondary N) is 3. The Labute approximate surface area is 141 Å². The minimum atomic E-state index is 0.0239. The first-order chi connectivity index (χ1) is 10.6. The monoisotopic (exact) mass is 328 g/mol. The fourth-order valence-electron chi connectivity index (χ4n) is 1.89. The molecule has 0 aliphatic heterocycles. The van der Waals surface area contributed by atoms with E-state index in [1.54, 1.807) is 0 Å². The molecular weight excluding hydrogens is 292 g/mol. The third-order valence-corrected chi connectivity index (χ3v) is 3.17. The summed E-state index contributed by atoms with van der Waals surface area (Å²) in [7, 11) is 2.01. The number of hydrogen-bond acceptors (Lipinski definition) is 4. The van der Waals surface area contributed by atoms with Crippen LogP contribution in [0.15, 0.2) is 0 Å². The van der Waals surface area contributed by atoms with Crippen molar-refractivity contribution in [3.8, 4) is 0 Å². The molecule has 6 heteroatoms. The molecule has 0 saturated heterocycles. The van der Waals surface area contributed by atoms with Gasteiger partial charge in [0.1, 0.15) is 0 Å².